The minimum atomic E-state index is -0.947. The van der Waals surface area contributed by atoms with Crippen LogP contribution in [0.1, 0.15) is 30.0 Å². The summed E-state index contributed by atoms with van der Waals surface area (Å²) in [6.07, 6.45) is 5.22. The summed E-state index contributed by atoms with van der Waals surface area (Å²) in [5.41, 5.74) is 3.17. The zero-order valence-corrected chi connectivity index (χ0v) is 17.3. The number of amides is 1. The normalized spacial score (nSPS) is 12.6. The van der Waals surface area contributed by atoms with Crippen LogP contribution in [0.4, 0.5) is 9.18 Å². The number of benzene rings is 2. The summed E-state index contributed by atoms with van der Waals surface area (Å²) >= 11 is 0. The Morgan fingerprint density at radius 2 is 2.03 bits per heavy atom. The first-order valence-electron chi connectivity index (χ1n) is 10.1. The lowest BCUT2D eigenvalue weighted by Crippen LogP contribution is -2.37. The van der Waals surface area contributed by atoms with E-state index >= 15 is 0 Å². The summed E-state index contributed by atoms with van der Waals surface area (Å²) in [7, 11) is 0. The summed E-state index contributed by atoms with van der Waals surface area (Å²) in [6, 6.07) is 8.21. The van der Waals surface area contributed by atoms with Gasteiger partial charge in [-0.1, -0.05) is 12.1 Å². The molecule has 0 aliphatic carbocycles. The van der Waals surface area contributed by atoms with E-state index in [0.717, 1.165) is 0 Å². The largest absolute Gasteiger partial charge is 0.493 e. The van der Waals surface area contributed by atoms with Crippen molar-refractivity contribution in [3.05, 3.63) is 52.8 Å². The monoisotopic (exact) mass is 425 g/mol. The van der Waals surface area contributed by atoms with Crippen LogP contribution in [-0.4, -0.2) is 41.8 Å². The average Bonchev–Trinajstić information content (AvgIpc) is 2.75. The van der Waals surface area contributed by atoms with Crippen molar-refractivity contribution in [1.29, 1.82) is 0 Å². The minimum absolute atomic E-state index is 0.125. The van der Waals surface area contributed by atoms with Crippen LogP contribution < -0.4 is 4.74 Å². The quantitative estimate of drug-likeness (QED) is 0.535. The Kier molecular flexibility index (Phi) is 7.14. The molecule has 0 bridgehead atoms. The van der Waals surface area contributed by atoms with Crippen LogP contribution in [0.5, 0.6) is 5.75 Å². The minimum Gasteiger partial charge on any atom is -0.493 e. The predicted molar refractivity (Wildman–Crippen MR) is 113 cm³/mol. The number of ether oxygens (including phenoxy) is 2. The molecule has 1 amide bonds. The van der Waals surface area contributed by atoms with E-state index in [9.17, 15) is 14.0 Å². The van der Waals surface area contributed by atoms with Crippen molar-refractivity contribution >= 4 is 12.1 Å². The molecule has 0 spiro atoms. The second-order valence-corrected chi connectivity index (χ2v) is 7.13. The highest BCUT2D eigenvalue weighted by Gasteiger charge is 2.27. The maximum atomic E-state index is 14.6. The second kappa shape index (κ2) is 9.98. The highest BCUT2D eigenvalue weighted by atomic mass is 19.1. The molecule has 0 radical (unpaired) electrons. The van der Waals surface area contributed by atoms with E-state index in [1.165, 1.54) is 11.0 Å². The predicted octanol–water partition coefficient (Wildman–Crippen LogP) is 4.04. The Morgan fingerprint density at radius 3 is 2.74 bits per heavy atom. The Labute approximate surface area is 180 Å². The van der Waals surface area contributed by atoms with Gasteiger partial charge in [0.25, 0.3) is 0 Å². The molecule has 162 valence electrons. The van der Waals surface area contributed by atoms with Gasteiger partial charge in [0, 0.05) is 25.1 Å². The third kappa shape index (κ3) is 5.15. The lowest BCUT2D eigenvalue weighted by molar-refractivity contribution is -0.136. The molecule has 7 heteroatoms. The van der Waals surface area contributed by atoms with E-state index in [-0.39, 0.29) is 25.4 Å². The van der Waals surface area contributed by atoms with Gasteiger partial charge in [-0.3, -0.25) is 4.79 Å². The van der Waals surface area contributed by atoms with Crippen LogP contribution >= 0.6 is 0 Å². The Bertz CT molecular complexity index is 1030. The third-order valence-electron chi connectivity index (χ3n) is 5.07. The lowest BCUT2D eigenvalue weighted by atomic mass is 9.89. The fraction of sp³-hybridized carbons (Fsp3) is 0.333. The van der Waals surface area contributed by atoms with Crippen LogP contribution in [0.2, 0.25) is 0 Å². The number of fused-ring (bicyclic) bond motifs is 1. The van der Waals surface area contributed by atoms with Gasteiger partial charge < -0.3 is 19.5 Å². The van der Waals surface area contributed by atoms with Crippen LogP contribution in [0.3, 0.4) is 0 Å². The molecule has 2 aromatic carbocycles. The summed E-state index contributed by atoms with van der Waals surface area (Å²) in [4.78, 5) is 25.1. The molecule has 2 aromatic rings. The van der Waals surface area contributed by atoms with Crippen molar-refractivity contribution in [2.75, 3.05) is 19.8 Å². The highest BCUT2D eigenvalue weighted by Crippen LogP contribution is 2.38. The number of nitrogens with zero attached hydrogens (tertiary/aromatic N) is 1. The van der Waals surface area contributed by atoms with Crippen LogP contribution in [0.15, 0.2) is 30.3 Å². The number of carboxylic acid groups (broad SMARTS) is 1. The van der Waals surface area contributed by atoms with E-state index in [1.807, 2.05) is 6.92 Å². The number of terminal acetylenes is 1. The number of carboxylic acids is 1. The van der Waals surface area contributed by atoms with Gasteiger partial charge in [-0.15, -0.1) is 12.3 Å². The molecule has 0 unspecified atom stereocenters. The molecule has 6 nitrogen and oxygen atoms in total. The van der Waals surface area contributed by atoms with Crippen molar-refractivity contribution in [2.24, 2.45) is 0 Å². The van der Waals surface area contributed by atoms with Gasteiger partial charge in [0.1, 0.15) is 18.2 Å². The summed E-state index contributed by atoms with van der Waals surface area (Å²) in [5, 5.41) is 9.16. The van der Waals surface area contributed by atoms with E-state index in [2.05, 4.69) is 5.92 Å². The number of rotatable bonds is 7. The number of halogens is 1. The molecule has 0 fully saturated rings. The van der Waals surface area contributed by atoms with Gasteiger partial charge in [0.15, 0.2) is 0 Å². The SMILES string of the molecule is C#CCCOC(=O)N1CCc2c(F)ccc(-c3cc(CC(=O)O)ccc3OCC)c2C1. The standard InChI is InChI=1S/C24H24FNO5/c1-3-5-12-31-24(29)26-11-10-18-20(15-26)17(7-8-21(18)25)19-13-16(14-23(27)28)6-9-22(19)30-4-2/h1,6-9,13H,4-5,10-12,14-15H2,2H3,(H,27,28). The molecule has 1 aliphatic rings. The fourth-order valence-corrected chi connectivity index (χ4v) is 3.68. The molecule has 1 heterocycles. The lowest BCUT2D eigenvalue weighted by Gasteiger charge is -2.30. The molecule has 31 heavy (non-hydrogen) atoms. The van der Waals surface area contributed by atoms with Gasteiger partial charge in [-0.05, 0) is 53.8 Å². The molecule has 0 saturated heterocycles. The first kappa shape index (κ1) is 22.2. The highest BCUT2D eigenvalue weighted by molar-refractivity contribution is 5.78. The zero-order chi connectivity index (χ0) is 22.4. The van der Waals surface area contributed by atoms with Crippen molar-refractivity contribution in [3.8, 4) is 29.2 Å². The van der Waals surface area contributed by atoms with Gasteiger partial charge in [-0.25, -0.2) is 9.18 Å². The smallest absolute Gasteiger partial charge is 0.410 e. The molecule has 0 saturated carbocycles. The Balaban J connectivity index is 2.01. The summed E-state index contributed by atoms with van der Waals surface area (Å²) < 4.78 is 25.5. The number of carbonyl (C=O) groups is 2. The molecule has 1 aliphatic heterocycles. The Morgan fingerprint density at radius 1 is 1.23 bits per heavy atom. The zero-order valence-electron chi connectivity index (χ0n) is 17.3. The van der Waals surface area contributed by atoms with Crippen molar-refractivity contribution in [2.45, 2.75) is 32.7 Å². The topological polar surface area (TPSA) is 76.1 Å². The molecule has 0 atom stereocenters. The van der Waals surface area contributed by atoms with Gasteiger partial charge >= 0.3 is 12.1 Å². The molecular formula is C24H24FNO5. The van der Waals surface area contributed by atoms with Crippen LogP contribution in [-0.2, 0) is 28.9 Å². The van der Waals surface area contributed by atoms with Gasteiger partial charge in [-0.2, -0.15) is 0 Å². The molecule has 0 aromatic heterocycles. The maximum absolute atomic E-state index is 14.6. The van der Waals surface area contributed by atoms with Crippen molar-refractivity contribution < 1.29 is 28.6 Å². The Hall–Kier alpha value is -3.53. The molecular weight excluding hydrogens is 401 g/mol. The molecule has 3 rings (SSSR count). The van der Waals surface area contributed by atoms with Gasteiger partial charge in [0.2, 0.25) is 0 Å². The first-order valence-corrected chi connectivity index (χ1v) is 10.1. The number of hydrogen-bond acceptors (Lipinski definition) is 4. The van der Waals surface area contributed by atoms with E-state index < -0.39 is 12.1 Å². The number of carbonyl (C=O) groups excluding carboxylic acids is 1. The maximum Gasteiger partial charge on any atom is 0.410 e. The van der Waals surface area contributed by atoms with Crippen molar-refractivity contribution in [3.63, 3.8) is 0 Å². The van der Waals surface area contributed by atoms with Crippen LogP contribution in [0.25, 0.3) is 11.1 Å². The first-order chi connectivity index (χ1) is 14.9. The van der Waals surface area contributed by atoms with Crippen LogP contribution in [0, 0.1) is 18.2 Å². The molecule has 1 N–H and O–H groups in total. The average molecular weight is 425 g/mol. The number of aliphatic carboxylic acids is 1. The third-order valence-corrected chi connectivity index (χ3v) is 5.07. The second-order valence-electron chi connectivity index (χ2n) is 7.13. The fourth-order valence-electron chi connectivity index (χ4n) is 3.68. The van der Waals surface area contributed by atoms with E-state index in [4.69, 9.17) is 21.0 Å². The summed E-state index contributed by atoms with van der Waals surface area (Å²) in [5.74, 6) is 1.70. The number of hydrogen-bond donors (Lipinski definition) is 1. The van der Waals surface area contributed by atoms with E-state index in [1.54, 1.807) is 24.3 Å². The van der Waals surface area contributed by atoms with Gasteiger partial charge in [0.05, 0.1) is 13.0 Å². The van der Waals surface area contributed by atoms with Crippen molar-refractivity contribution in [1.82, 2.24) is 4.90 Å². The van der Waals surface area contributed by atoms with E-state index in [0.29, 0.717) is 59.6 Å². The summed E-state index contributed by atoms with van der Waals surface area (Å²) in [6.45, 7) is 2.90.